The molecule has 0 spiro atoms. The smallest absolute Gasteiger partial charge is 0.326 e. The van der Waals surface area contributed by atoms with Gasteiger partial charge in [0.05, 0.1) is 0 Å². The number of amides is 1. The van der Waals surface area contributed by atoms with Gasteiger partial charge in [0.1, 0.15) is 6.04 Å². The number of aliphatic carboxylic acids is 1. The van der Waals surface area contributed by atoms with E-state index in [1.807, 2.05) is 27.7 Å². The lowest BCUT2D eigenvalue weighted by Crippen LogP contribution is -2.41. The van der Waals surface area contributed by atoms with Crippen LogP contribution >= 0.6 is 0 Å². The van der Waals surface area contributed by atoms with Crippen molar-refractivity contribution < 1.29 is 14.7 Å². The number of carbonyl (C=O) groups is 2. The molecule has 0 saturated carbocycles. The first-order valence-corrected chi connectivity index (χ1v) is 5.78. The monoisotopic (exact) mass is 229 g/mol. The van der Waals surface area contributed by atoms with Crippen LogP contribution in [0.15, 0.2) is 0 Å². The van der Waals surface area contributed by atoms with Crippen molar-refractivity contribution in [3.8, 4) is 0 Å². The van der Waals surface area contributed by atoms with Gasteiger partial charge in [-0.2, -0.15) is 0 Å². The molecule has 0 heterocycles. The molecule has 4 nitrogen and oxygen atoms in total. The van der Waals surface area contributed by atoms with Gasteiger partial charge >= 0.3 is 5.97 Å². The molecular weight excluding hydrogens is 206 g/mol. The maximum Gasteiger partial charge on any atom is 0.326 e. The number of carboxylic acids is 1. The second-order valence-electron chi connectivity index (χ2n) is 5.34. The van der Waals surface area contributed by atoms with E-state index in [0.29, 0.717) is 12.8 Å². The van der Waals surface area contributed by atoms with E-state index in [9.17, 15) is 9.59 Å². The van der Waals surface area contributed by atoms with Crippen molar-refractivity contribution in [3.05, 3.63) is 0 Å². The number of unbranched alkanes of at least 4 members (excludes halogenated alkanes) is 1. The van der Waals surface area contributed by atoms with Crippen LogP contribution in [0, 0.1) is 5.41 Å². The van der Waals surface area contributed by atoms with Gasteiger partial charge in [-0.05, 0) is 11.8 Å². The molecule has 0 aromatic heterocycles. The molecule has 1 atom stereocenters. The molecule has 4 heteroatoms. The van der Waals surface area contributed by atoms with Gasteiger partial charge in [-0.3, -0.25) is 4.79 Å². The lowest BCUT2D eigenvalue weighted by Gasteiger charge is -2.20. The largest absolute Gasteiger partial charge is 0.480 e. The van der Waals surface area contributed by atoms with Gasteiger partial charge in [-0.25, -0.2) is 4.79 Å². The van der Waals surface area contributed by atoms with E-state index in [1.54, 1.807) is 0 Å². The normalized spacial score (nSPS) is 13.2. The third-order valence-corrected chi connectivity index (χ3v) is 2.17. The highest BCUT2D eigenvalue weighted by Gasteiger charge is 2.22. The number of hydrogen-bond donors (Lipinski definition) is 2. The van der Waals surface area contributed by atoms with Crippen molar-refractivity contribution in [3.63, 3.8) is 0 Å². The molecule has 0 bridgehead atoms. The summed E-state index contributed by atoms with van der Waals surface area (Å²) in [5.41, 5.74) is -0.113. The Morgan fingerprint density at radius 1 is 1.31 bits per heavy atom. The van der Waals surface area contributed by atoms with E-state index in [1.165, 1.54) is 0 Å². The number of hydrogen-bond acceptors (Lipinski definition) is 2. The van der Waals surface area contributed by atoms with E-state index in [0.717, 1.165) is 12.8 Å². The first-order valence-electron chi connectivity index (χ1n) is 5.78. The SMILES string of the molecule is CCCCC(NC(=O)CC(C)(C)C)C(=O)O. The minimum Gasteiger partial charge on any atom is -0.480 e. The van der Waals surface area contributed by atoms with Crippen LogP contribution in [0.25, 0.3) is 0 Å². The fourth-order valence-electron chi connectivity index (χ4n) is 1.39. The summed E-state index contributed by atoms with van der Waals surface area (Å²) in [6.07, 6.45) is 2.59. The summed E-state index contributed by atoms with van der Waals surface area (Å²) >= 11 is 0. The Labute approximate surface area is 97.4 Å². The molecule has 0 aromatic carbocycles. The summed E-state index contributed by atoms with van der Waals surface area (Å²) in [6.45, 7) is 7.85. The van der Waals surface area contributed by atoms with Crippen LogP contribution in [0.4, 0.5) is 0 Å². The summed E-state index contributed by atoms with van der Waals surface area (Å²) in [6, 6.07) is -0.741. The lowest BCUT2D eigenvalue weighted by molar-refractivity contribution is -0.142. The van der Waals surface area contributed by atoms with Crippen molar-refractivity contribution >= 4 is 11.9 Å². The van der Waals surface area contributed by atoms with E-state index in [-0.39, 0.29) is 11.3 Å². The summed E-state index contributed by atoms with van der Waals surface area (Å²) in [7, 11) is 0. The van der Waals surface area contributed by atoms with Gasteiger partial charge < -0.3 is 10.4 Å². The zero-order chi connectivity index (χ0) is 12.8. The zero-order valence-corrected chi connectivity index (χ0v) is 10.7. The summed E-state index contributed by atoms with van der Waals surface area (Å²) in [5, 5.41) is 11.5. The van der Waals surface area contributed by atoms with Crippen molar-refractivity contribution in [2.24, 2.45) is 5.41 Å². The van der Waals surface area contributed by atoms with Gasteiger partial charge in [-0.15, -0.1) is 0 Å². The molecule has 16 heavy (non-hydrogen) atoms. The van der Waals surface area contributed by atoms with Gasteiger partial charge in [0, 0.05) is 6.42 Å². The van der Waals surface area contributed by atoms with Crippen LogP contribution in [-0.2, 0) is 9.59 Å². The predicted octanol–water partition coefficient (Wildman–Crippen LogP) is 2.18. The van der Waals surface area contributed by atoms with Crippen LogP contribution in [0.2, 0.25) is 0 Å². The van der Waals surface area contributed by atoms with E-state index >= 15 is 0 Å². The first kappa shape index (κ1) is 14.9. The zero-order valence-electron chi connectivity index (χ0n) is 10.7. The molecule has 0 radical (unpaired) electrons. The van der Waals surface area contributed by atoms with Gasteiger partial charge in [0.25, 0.3) is 0 Å². The Morgan fingerprint density at radius 2 is 1.88 bits per heavy atom. The standard InChI is InChI=1S/C12H23NO3/c1-5-6-7-9(11(15)16)13-10(14)8-12(2,3)4/h9H,5-8H2,1-4H3,(H,13,14)(H,15,16). The van der Waals surface area contributed by atoms with E-state index < -0.39 is 12.0 Å². The Kier molecular flexibility index (Phi) is 6.08. The summed E-state index contributed by atoms with van der Waals surface area (Å²) in [5.74, 6) is -1.13. The van der Waals surface area contributed by atoms with Crippen LogP contribution < -0.4 is 5.32 Å². The molecule has 0 aliphatic rings. The number of rotatable bonds is 6. The average Bonchev–Trinajstić information content (AvgIpc) is 2.08. The Hall–Kier alpha value is -1.06. The fourth-order valence-corrected chi connectivity index (χ4v) is 1.39. The van der Waals surface area contributed by atoms with Crippen LogP contribution in [-0.4, -0.2) is 23.0 Å². The summed E-state index contributed by atoms with van der Waals surface area (Å²) in [4.78, 5) is 22.5. The third-order valence-electron chi connectivity index (χ3n) is 2.17. The maximum absolute atomic E-state index is 11.6. The predicted molar refractivity (Wildman–Crippen MR) is 63.2 cm³/mol. The summed E-state index contributed by atoms with van der Waals surface area (Å²) < 4.78 is 0. The van der Waals surface area contributed by atoms with E-state index in [2.05, 4.69) is 5.32 Å². The molecule has 1 unspecified atom stereocenters. The van der Waals surface area contributed by atoms with Crippen LogP contribution in [0.5, 0.6) is 0 Å². The number of carboxylic acid groups (broad SMARTS) is 1. The van der Waals surface area contributed by atoms with E-state index in [4.69, 9.17) is 5.11 Å². The molecule has 0 saturated heterocycles. The average molecular weight is 229 g/mol. The maximum atomic E-state index is 11.6. The van der Waals surface area contributed by atoms with Crippen LogP contribution in [0.1, 0.15) is 53.4 Å². The first-order chi connectivity index (χ1) is 7.26. The number of carbonyl (C=O) groups excluding carboxylic acids is 1. The highest BCUT2D eigenvalue weighted by Crippen LogP contribution is 2.18. The van der Waals surface area contributed by atoms with Gasteiger partial charge in [0.15, 0.2) is 0 Å². The third kappa shape index (κ3) is 7.26. The lowest BCUT2D eigenvalue weighted by atomic mass is 9.92. The van der Waals surface area contributed by atoms with Crippen molar-refractivity contribution in [2.45, 2.75) is 59.4 Å². The molecule has 0 rings (SSSR count). The van der Waals surface area contributed by atoms with Gasteiger partial charge in [0.2, 0.25) is 5.91 Å². The topological polar surface area (TPSA) is 66.4 Å². The molecule has 0 aliphatic carbocycles. The molecular formula is C12H23NO3. The van der Waals surface area contributed by atoms with Crippen LogP contribution in [0.3, 0.4) is 0 Å². The van der Waals surface area contributed by atoms with Gasteiger partial charge in [-0.1, -0.05) is 40.5 Å². The van der Waals surface area contributed by atoms with Crippen molar-refractivity contribution in [1.29, 1.82) is 0 Å². The Bertz CT molecular complexity index is 243. The highest BCUT2D eigenvalue weighted by atomic mass is 16.4. The second-order valence-corrected chi connectivity index (χ2v) is 5.34. The second kappa shape index (κ2) is 6.51. The number of nitrogens with one attached hydrogen (secondary N) is 1. The van der Waals surface area contributed by atoms with Crippen molar-refractivity contribution in [1.82, 2.24) is 5.32 Å². The Balaban J connectivity index is 4.19. The molecule has 0 aliphatic heterocycles. The minimum absolute atomic E-state index is 0.113. The quantitative estimate of drug-likeness (QED) is 0.733. The molecule has 0 aromatic rings. The molecule has 2 N–H and O–H groups in total. The fraction of sp³-hybridized carbons (Fsp3) is 0.833. The minimum atomic E-state index is -0.948. The molecule has 94 valence electrons. The Morgan fingerprint density at radius 3 is 2.25 bits per heavy atom. The molecule has 0 fully saturated rings. The highest BCUT2D eigenvalue weighted by molar-refractivity contribution is 5.83. The molecule has 1 amide bonds. The van der Waals surface area contributed by atoms with Crippen molar-refractivity contribution in [2.75, 3.05) is 0 Å².